The fourth-order valence-electron chi connectivity index (χ4n) is 17.5. The summed E-state index contributed by atoms with van der Waals surface area (Å²) in [5.41, 5.74) is 27.0. The van der Waals surface area contributed by atoms with Crippen molar-refractivity contribution in [3.8, 4) is 5.75 Å². The van der Waals surface area contributed by atoms with Crippen LogP contribution in [-0.2, 0) is 106 Å². The Hall–Kier alpha value is -13.0. The van der Waals surface area contributed by atoms with E-state index < -0.39 is 253 Å². The number of H-pyrrole nitrogens is 2. The van der Waals surface area contributed by atoms with Crippen LogP contribution in [-0.4, -0.2) is 308 Å². The van der Waals surface area contributed by atoms with Crippen molar-refractivity contribution >= 4 is 146 Å². The van der Waals surface area contributed by atoms with Crippen molar-refractivity contribution in [3.05, 3.63) is 114 Å². The van der Waals surface area contributed by atoms with Gasteiger partial charge >= 0.3 is 5.97 Å². The van der Waals surface area contributed by atoms with Gasteiger partial charge in [0, 0.05) is 150 Å². The average molecular weight is 1920 g/mol. The minimum Gasteiger partial charge on any atom is -0.497 e. The molecule has 4 aliphatic heterocycles. The molecule has 0 spiro atoms. The monoisotopic (exact) mass is 1920 g/mol. The van der Waals surface area contributed by atoms with E-state index in [0.717, 1.165) is 31.4 Å². The molecule has 4 aliphatic rings. The molecule has 15 amide bonds. The number of unbranched alkanes of at least 4 members (excludes halogenated alkanes) is 3. The lowest BCUT2D eigenvalue weighted by Gasteiger charge is -2.36. The standard InChI is InChI=1S/C95H132N20O21S/c1-8-10-24-74-88(128)104-66(31-34-83(122)123)86(126)110-73(78(117)32-33-80(98)119)52-137-53-82(121)103-70(41-55-27-29-61(136-7)30-28-55)91(131)111(4)54(3)84(124)108-72(47-81(99)120)94(134)114-40-18-26-75(114)89(129)107-69(42-56-36-39-100-48-56)87(127)105-67(23-16-17-37-96)93(133)115-51-60(116)46-77(115)90(130)106-68(43-58-49-101-64-21-14-12-19-62(58)64)79(118)45-57(35-38-97)85(125)109-71(44-59-50-102-65-22-15-13-20-63(59)65)92(132)113(6)76(25-11-9-2)95(135)112(74)5/h12-15,19-22,27-30,39,48-50,54,57,60,66-77,101-102,116H,8-11,16-18,23-26,31-38,40-47,51-53,96-97H2,1-7H3,(H2,98,119)(H2,99,120)(H,103,121)(H,104,128)(H,105,127)(H,106,130)(H,107,129)(H,108,124)(H,109,125)(H,110,126)(H,122,123)/t54-,57+,60+,66-,67-,68-,69-,70-,71-,72-,73-,74-,75-,76-,77-/m0/s1. The van der Waals surface area contributed by atoms with Crippen molar-refractivity contribution in [3.63, 3.8) is 0 Å². The van der Waals surface area contributed by atoms with E-state index in [1.807, 2.05) is 13.8 Å². The van der Waals surface area contributed by atoms with Gasteiger partial charge in [-0.2, -0.15) is 0 Å². The summed E-state index contributed by atoms with van der Waals surface area (Å²) in [6, 6.07) is 1.04. The zero-order valence-corrected chi connectivity index (χ0v) is 79.5. The molecule has 0 saturated carbocycles. The summed E-state index contributed by atoms with van der Waals surface area (Å²) in [5.74, 6) is -18.2. The molecule has 9 rings (SSSR count). The van der Waals surface area contributed by atoms with E-state index >= 15 is 38.4 Å². The number of aliphatic hydroxyl groups excluding tert-OH is 1. The van der Waals surface area contributed by atoms with Crippen molar-refractivity contribution in [2.45, 2.75) is 260 Å². The number of hydrogen-bond acceptors (Lipinski definition) is 24. The molecule has 20 N–H and O–H groups in total. The van der Waals surface area contributed by atoms with Crippen LogP contribution in [0.4, 0.5) is 0 Å². The zero-order chi connectivity index (χ0) is 99.9. The van der Waals surface area contributed by atoms with Crippen LogP contribution in [0.15, 0.2) is 102 Å². The molecule has 42 heteroatoms. The SMILES string of the molecule is CCCC[C@H]1C(=O)N(C)[C@@H](CCCC)C(=O)N[C@@H](CCC(=O)O)C(=O)N[C@H](C(=O)CCC(N)=O)CSCC(=O)N[C@@H](Cc2ccc(OC)cc2)C(=O)N(C)[C@@H](C)C(=O)N[C@@H](CC(N)=O)C(=O)N2CCC[C@H]2C(=O)N[C@@H](CC2=CN=CC2)C(=O)N[C@@H](CCCCN)C(=O)N2C[C@H](O)C[C@H]2C(=O)N[C@@H](Cc2c[nH]c3ccccc23)C(=O)C[C@@H](CCN)C(=O)N[C@@H](Cc2c[nH]c3ccccc23)C(=O)N1C. The number of amides is 15. The van der Waals surface area contributed by atoms with Gasteiger partial charge in [0.2, 0.25) is 88.6 Å². The van der Waals surface area contributed by atoms with Crippen molar-refractivity contribution in [1.29, 1.82) is 0 Å². The summed E-state index contributed by atoms with van der Waals surface area (Å²) >= 11 is 0.776. The molecular weight excluding hydrogens is 1790 g/mol. The highest BCUT2D eigenvalue weighted by molar-refractivity contribution is 8.00. The molecule has 3 fully saturated rings. The van der Waals surface area contributed by atoms with E-state index in [2.05, 4.69) is 57.5 Å². The van der Waals surface area contributed by atoms with Gasteiger partial charge in [-0.25, -0.2) is 0 Å². The van der Waals surface area contributed by atoms with Crippen LogP contribution in [0.3, 0.4) is 0 Å². The second-order valence-corrected chi connectivity index (χ2v) is 36.5. The quantitative estimate of drug-likeness (QED) is 0.0279. The van der Waals surface area contributed by atoms with Crippen LogP contribution in [0.2, 0.25) is 0 Å². The molecule has 0 aliphatic carbocycles. The van der Waals surface area contributed by atoms with Crippen LogP contribution >= 0.6 is 11.8 Å². The van der Waals surface area contributed by atoms with Crippen LogP contribution in [0, 0.1) is 5.92 Å². The number of fused-ring (bicyclic) bond motifs is 4. The zero-order valence-electron chi connectivity index (χ0n) is 78.7. The number of aliphatic hydroxyl groups is 1. The van der Waals surface area contributed by atoms with Crippen LogP contribution in [0.5, 0.6) is 5.75 Å². The van der Waals surface area contributed by atoms with Crippen LogP contribution < -0.4 is 70.2 Å². The number of nitrogens with zero attached hydrogens (tertiary/aromatic N) is 6. The number of hydrogen-bond donors (Lipinski definition) is 16. The average Bonchev–Trinajstić information content (AvgIpc) is 1.71. The maximum absolute atomic E-state index is 15.9. The van der Waals surface area contributed by atoms with E-state index in [1.54, 1.807) is 91.4 Å². The number of Topliss-reactive ketones (excluding diaryl/α,β-unsaturated/α-hetero) is 2. The Morgan fingerprint density at radius 3 is 1.72 bits per heavy atom. The highest BCUT2D eigenvalue weighted by atomic mass is 32.2. The molecule has 0 unspecified atom stereocenters. The third-order valence-electron chi connectivity index (χ3n) is 25.5. The Morgan fingerprint density at radius 2 is 1.11 bits per heavy atom. The maximum atomic E-state index is 15.9. The van der Waals surface area contributed by atoms with E-state index in [0.29, 0.717) is 81.9 Å². The first-order valence-corrected chi connectivity index (χ1v) is 47.9. The molecule has 41 nitrogen and oxygen atoms in total. The lowest BCUT2D eigenvalue weighted by Crippen LogP contribution is -2.60. The highest BCUT2D eigenvalue weighted by Gasteiger charge is 2.47. The molecule has 3 saturated heterocycles. The number of para-hydroxylation sites is 2. The molecule has 0 bridgehead atoms. The number of carboxylic acids is 1. The number of carbonyl (C=O) groups excluding carboxylic acids is 17. The normalized spacial score (nSPS) is 25.1. The second kappa shape index (κ2) is 52.4. The number of aromatic amines is 2. The van der Waals surface area contributed by atoms with Crippen LogP contribution in [0.25, 0.3) is 21.8 Å². The number of ketones is 2. The van der Waals surface area contributed by atoms with Gasteiger partial charge in [-0.1, -0.05) is 88.1 Å². The number of thioether (sulfide) groups is 1. The third kappa shape index (κ3) is 30.3. The lowest BCUT2D eigenvalue weighted by atomic mass is 9.91. The lowest BCUT2D eigenvalue weighted by molar-refractivity contribution is -0.149. The van der Waals surface area contributed by atoms with Gasteiger partial charge in [0.05, 0.1) is 37.5 Å². The van der Waals surface area contributed by atoms with Crippen molar-refractivity contribution in [1.82, 2.24) is 77.0 Å². The number of aliphatic carboxylic acids is 1. The Morgan fingerprint density at radius 1 is 0.533 bits per heavy atom. The highest BCUT2D eigenvalue weighted by Crippen LogP contribution is 2.30. The molecular formula is C95H132N20O21S. The number of carboxylic acid groups (broad SMARTS) is 1. The summed E-state index contributed by atoms with van der Waals surface area (Å²) in [6.45, 7) is 4.40. The van der Waals surface area contributed by atoms with Crippen molar-refractivity contribution < 1.29 is 101 Å². The maximum Gasteiger partial charge on any atom is 0.303 e. The smallest absolute Gasteiger partial charge is 0.303 e. The fraction of sp³-hybridized carbons (Fsp3) is 0.547. The van der Waals surface area contributed by atoms with Gasteiger partial charge in [0.1, 0.15) is 72.2 Å². The minimum absolute atomic E-state index is 0.000206. The van der Waals surface area contributed by atoms with E-state index in [4.69, 9.17) is 27.7 Å². The molecule has 137 heavy (non-hydrogen) atoms. The van der Waals surface area contributed by atoms with Gasteiger partial charge < -0.3 is 115 Å². The molecule has 744 valence electrons. The molecule has 15 atom stereocenters. The number of nitrogens with one attached hydrogen (secondary N) is 10. The van der Waals surface area contributed by atoms with Gasteiger partial charge in [0.15, 0.2) is 11.6 Å². The Bertz CT molecular complexity index is 5220. The molecule has 6 heterocycles. The summed E-state index contributed by atoms with van der Waals surface area (Å²) in [7, 11) is 5.37. The van der Waals surface area contributed by atoms with Crippen molar-refractivity contribution in [2.24, 2.45) is 33.8 Å². The van der Waals surface area contributed by atoms with Crippen LogP contribution in [0.1, 0.15) is 172 Å². The van der Waals surface area contributed by atoms with Gasteiger partial charge in [-0.05, 0) is 131 Å². The molecule has 2 aromatic heterocycles. The number of likely N-dealkylation sites (N-methyl/N-ethyl adjacent to an activating group) is 3. The number of aromatic nitrogens is 2. The predicted molar refractivity (Wildman–Crippen MR) is 508 cm³/mol. The Kier molecular flexibility index (Phi) is 41.2. The van der Waals surface area contributed by atoms with E-state index in [9.17, 15) is 58.2 Å². The topological polar surface area (TPSA) is 617 Å². The number of benzene rings is 3. The number of carbonyl (C=O) groups is 18. The second-order valence-electron chi connectivity index (χ2n) is 35.5. The third-order valence-corrected chi connectivity index (χ3v) is 26.5. The molecule has 3 aromatic carbocycles. The first-order chi connectivity index (χ1) is 65.5. The number of methoxy groups -OCH3 is 1. The van der Waals surface area contributed by atoms with Gasteiger partial charge in [-0.3, -0.25) is 91.3 Å². The first-order valence-electron chi connectivity index (χ1n) is 46.7. The summed E-state index contributed by atoms with van der Waals surface area (Å²) < 4.78 is 5.35. The van der Waals surface area contributed by atoms with Gasteiger partial charge in [-0.15, -0.1) is 11.8 Å². The Labute approximate surface area is 798 Å². The van der Waals surface area contributed by atoms with Crippen molar-refractivity contribution in [2.75, 3.05) is 65.9 Å². The summed E-state index contributed by atoms with van der Waals surface area (Å²) in [4.78, 5) is 280. The number of rotatable bonds is 30. The van der Waals surface area contributed by atoms with E-state index in [1.165, 1.54) is 46.3 Å². The number of nitrogens with two attached hydrogens (primary N) is 4. The largest absolute Gasteiger partial charge is 0.497 e. The number of ether oxygens (including phenoxy) is 1. The molecule has 0 radical (unpaired) electrons. The Balaban J connectivity index is 1.11. The molecule has 5 aromatic rings. The minimum atomic E-state index is -1.77. The number of aliphatic imine (C=N–C) groups is 1. The van der Waals surface area contributed by atoms with E-state index in [-0.39, 0.29) is 103 Å². The number of primary amides is 2. The van der Waals surface area contributed by atoms with Gasteiger partial charge in [0.25, 0.3) is 0 Å². The fourth-order valence-corrected chi connectivity index (χ4v) is 18.4. The first kappa shape index (κ1) is 108. The summed E-state index contributed by atoms with van der Waals surface area (Å²) in [5, 5.41) is 44.8. The predicted octanol–water partition coefficient (Wildman–Crippen LogP) is 0.521. The summed E-state index contributed by atoms with van der Waals surface area (Å²) in [6.07, 6.45) is 2.44.